The number of hydrogen-bond donors (Lipinski definition) is 1. The van der Waals surface area contributed by atoms with Gasteiger partial charge in [-0.1, -0.05) is 32.6 Å². The minimum absolute atomic E-state index is 0. The van der Waals surface area contributed by atoms with Crippen molar-refractivity contribution in [1.82, 2.24) is 0 Å². The van der Waals surface area contributed by atoms with Gasteiger partial charge in [-0.05, 0) is 25.7 Å². The number of hydrogen-bond acceptors (Lipinski definition) is 1. The van der Waals surface area contributed by atoms with E-state index < -0.39 is 5.97 Å². The Kier molecular flexibility index (Phi) is 19.4. The molecule has 6 heteroatoms. The van der Waals surface area contributed by atoms with E-state index in [1.54, 1.807) is 0 Å². The molecule has 25 heavy (non-hydrogen) atoms. The van der Waals surface area contributed by atoms with Crippen LogP contribution >= 0.6 is 0 Å². The fraction of sp³-hybridized carbons (Fsp3) is 0.947. The Morgan fingerprint density at radius 2 is 1.12 bits per heavy atom. The van der Waals surface area contributed by atoms with Crippen LogP contribution in [0.25, 0.3) is 0 Å². The number of nitrogens with zero attached hydrogens (tertiary/aromatic N) is 2. The second-order valence-electron chi connectivity index (χ2n) is 8.61. The van der Waals surface area contributed by atoms with E-state index in [1.165, 1.54) is 51.5 Å². The lowest BCUT2D eigenvalue weighted by Gasteiger charge is -2.35. The van der Waals surface area contributed by atoms with Crippen molar-refractivity contribution in [3.05, 3.63) is 0 Å². The number of carbonyl (C=O) groups is 1. The van der Waals surface area contributed by atoms with Gasteiger partial charge in [0, 0.05) is 6.42 Å². The number of carboxylic acid groups (broad SMARTS) is 1. The van der Waals surface area contributed by atoms with Crippen molar-refractivity contribution in [2.75, 3.05) is 48.3 Å². The van der Waals surface area contributed by atoms with Crippen LogP contribution in [0.3, 0.4) is 0 Å². The van der Waals surface area contributed by atoms with Crippen LogP contribution in [0.2, 0.25) is 0 Å². The first kappa shape index (κ1) is 30.6. The molecule has 1 unspecified atom stereocenters. The maximum absolute atomic E-state index is 11.3. The molecule has 154 valence electrons. The highest BCUT2D eigenvalue weighted by atomic mass is 127. The maximum atomic E-state index is 11.3. The van der Waals surface area contributed by atoms with Crippen molar-refractivity contribution in [2.24, 2.45) is 0 Å². The van der Waals surface area contributed by atoms with E-state index in [0.717, 1.165) is 17.4 Å². The van der Waals surface area contributed by atoms with Gasteiger partial charge >= 0.3 is 5.97 Å². The molecule has 0 aromatic rings. The first-order valence-corrected chi connectivity index (χ1v) is 9.46. The highest BCUT2D eigenvalue weighted by Gasteiger charge is 2.32. The summed E-state index contributed by atoms with van der Waals surface area (Å²) >= 11 is 0. The van der Waals surface area contributed by atoms with Crippen LogP contribution in [0.15, 0.2) is 0 Å². The number of unbranched alkanes of at least 4 members (excludes halogenated alkanes) is 7. The Morgan fingerprint density at radius 1 is 0.760 bits per heavy atom. The van der Waals surface area contributed by atoms with Crippen molar-refractivity contribution < 1.29 is 66.8 Å². The predicted octanol–water partition coefficient (Wildman–Crippen LogP) is -2.24. The van der Waals surface area contributed by atoms with Crippen LogP contribution in [0.4, 0.5) is 0 Å². The van der Waals surface area contributed by atoms with E-state index in [2.05, 4.69) is 35.2 Å². The molecular weight excluding hydrogens is 542 g/mol. The number of halogens is 2. The molecule has 0 saturated heterocycles. The van der Waals surface area contributed by atoms with E-state index in [9.17, 15) is 9.90 Å². The summed E-state index contributed by atoms with van der Waals surface area (Å²) in [5, 5.41) is 9.29. The van der Waals surface area contributed by atoms with Gasteiger partial charge in [-0.15, -0.1) is 0 Å². The molecule has 1 N–H and O–H groups in total. The third kappa shape index (κ3) is 16.7. The molecule has 0 spiro atoms. The molecule has 0 heterocycles. The molecule has 0 aliphatic carbocycles. The second-order valence-corrected chi connectivity index (χ2v) is 8.61. The third-order valence-electron chi connectivity index (χ3n) is 4.83. The van der Waals surface area contributed by atoms with Crippen LogP contribution in [0.5, 0.6) is 0 Å². The van der Waals surface area contributed by atoms with Gasteiger partial charge in [0.15, 0.2) is 6.04 Å². The molecule has 4 nitrogen and oxygen atoms in total. The Balaban J connectivity index is -0.00000242. The zero-order valence-electron chi connectivity index (χ0n) is 17.4. The predicted molar refractivity (Wildman–Crippen MR) is 98.5 cm³/mol. The quantitative estimate of drug-likeness (QED) is 0.143. The molecular formula is C19H42I2N2O2. The number of quaternary nitrogens is 2. The van der Waals surface area contributed by atoms with Crippen molar-refractivity contribution >= 4 is 5.97 Å². The molecule has 0 fully saturated rings. The summed E-state index contributed by atoms with van der Waals surface area (Å²) in [6.07, 6.45) is 11.1. The molecule has 0 aliphatic heterocycles. The number of carboxylic acids is 1. The highest BCUT2D eigenvalue weighted by molar-refractivity contribution is 5.72. The Morgan fingerprint density at radius 3 is 1.44 bits per heavy atom. The molecule has 1 atom stereocenters. The van der Waals surface area contributed by atoms with Crippen molar-refractivity contribution in [1.29, 1.82) is 0 Å². The number of rotatable bonds is 14. The molecule has 0 rings (SSSR count). The van der Waals surface area contributed by atoms with Gasteiger partial charge in [-0.2, -0.15) is 0 Å². The van der Waals surface area contributed by atoms with Gasteiger partial charge in [0.05, 0.1) is 48.3 Å². The van der Waals surface area contributed by atoms with Crippen LogP contribution in [-0.2, 0) is 4.79 Å². The fourth-order valence-corrected chi connectivity index (χ4v) is 3.29. The summed E-state index contributed by atoms with van der Waals surface area (Å²) in [6.45, 7) is 4.21. The average molecular weight is 584 g/mol. The molecule has 0 bridgehead atoms. The van der Waals surface area contributed by atoms with Crippen molar-refractivity contribution in [2.45, 2.75) is 70.8 Å². The monoisotopic (exact) mass is 584 g/mol. The molecule has 0 radical (unpaired) electrons. The summed E-state index contributed by atoms with van der Waals surface area (Å²) in [7, 11) is 10.9. The van der Waals surface area contributed by atoms with E-state index in [-0.39, 0.29) is 54.0 Å². The molecule has 0 aromatic carbocycles. The smallest absolute Gasteiger partial charge is 0.362 e. The molecule has 0 saturated carbocycles. The summed E-state index contributed by atoms with van der Waals surface area (Å²) in [5.41, 5.74) is 0. The Bertz CT molecular complexity index is 332. The SMILES string of the molecule is CCC(C(=O)O)[N+](C)(C)CCCCCCCCCC[N+](C)(C)C.[I-].[I-]. The number of likely N-dealkylation sites (N-methyl/N-ethyl adjacent to an activating group) is 1. The normalized spacial score (nSPS) is 12.9. The van der Waals surface area contributed by atoms with Gasteiger partial charge in [-0.25, -0.2) is 4.79 Å². The second kappa shape index (κ2) is 15.9. The Hall–Kier alpha value is 0.850. The minimum Gasteiger partial charge on any atom is -1.00 e. The molecule has 0 aliphatic rings. The zero-order chi connectivity index (χ0) is 17.9. The first-order valence-electron chi connectivity index (χ1n) is 9.46. The number of aliphatic carboxylic acids is 1. The summed E-state index contributed by atoms with van der Waals surface area (Å²) in [6, 6.07) is -0.267. The highest BCUT2D eigenvalue weighted by Crippen LogP contribution is 2.15. The maximum Gasteiger partial charge on any atom is 0.362 e. The van der Waals surface area contributed by atoms with Crippen molar-refractivity contribution in [3.8, 4) is 0 Å². The third-order valence-corrected chi connectivity index (χ3v) is 4.83. The van der Waals surface area contributed by atoms with Crippen LogP contribution < -0.4 is 48.0 Å². The van der Waals surface area contributed by atoms with E-state index in [0.29, 0.717) is 10.9 Å². The summed E-state index contributed by atoms with van der Waals surface area (Å²) in [5.74, 6) is -0.661. The van der Waals surface area contributed by atoms with Crippen LogP contribution in [0, 0.1) is 0 Å². The van der Waals surface area contributed by atoms with Gasteiger partial charge in [0.1, 0.15) is 0 Å². The lowest BCUT2D eigenvalue weighted by Crippen LogP contribution is -3.00. The van der Waals surface area contributed by atoms with Crippen LogP contribution in [-0.4, -0.2) is 74.4 Å². The largest absolute Gasteiger partial charge is 1.00 e. The standard InChI is InChI=1S/C19H41N2O2.2HI/c1-7-18(19(22)23)21(5,6)17-15-13-11-9-8-10-12-14-16-20(2,3)4;;/h18H,7-17H2,1-6H3;2*1H/q+1;;/p-1. The summed E-state index contributed by atoms with van der Waals surface area (Å²) < 4.78 is 1.68. The fourth-order valence-electron chi connectivity index (χ4n) is 3.29. The van der Waals surface area contributed by atoms with Gasteiger partial charge in [-0.3, -0.25) is 0 Å². The lowest BCUT2D eigenvalue weighted by atomic mass is 10.1. The lowest BCUT2D eigenvalue weighted by molar-refractivity contribution is -0.907. The topological polar surface area (TPSA) is 37.3 Å². The van der Waals surface area contributed by atoms with Gasteiger partial charge < -0.3 is 62.0 Å². The van der Waals surface area contributed by atoms with Crippen LogP contribution in [0.1, 0.15) is 64.7 Å². The molecule has 0 amide bonds. The summed E-state index contributed by atoms with van der Waals surface area (Å²) in [4.78, 5) is 11.3. The van der Waals surface area contributed by atoms with Gasteiger partial charge in [0.25, 0.3) is 0 Å². The minimum atomic E-state index is -0.661. The van der Waals surface area contributed by atoms with E-state index in [4.69, 9.17) is 0 Å². The van der Waals surface area contributed by atoms with Gasteiger partial charge in [0.2, 0.25) is 0 Å². The first-order chi connectivity index (χ1) is 10.6. The molecule has 0 aromatic heterocycles. The van der Waals surface area contributed by atoms with Crippen molar-refractivity contribution in [3.63, 3.8) is 0 Å². The zero-order valence-corrected chi connectivity index (χ0v) is 21.7. The average Bonchev–Trinajstić information content (AvgIpc) is 2.39. The Labute approximate surface area is 190 Å². The van der Waals surface area contributed by atoms with E-state index >= 15 is 0 Å². The van der Waals surface area contributed by atoms with E-state index in [1.807, 2.05) is 6.92 Å².